The maximum atomic E-state index is 13.3. The predicted octanol–water partition coefficient (Wildman–Crippen LogP) is 1.25. The minimum atomic E-state index is -3.32. The lowest BCUT2D eigenvalue weighted by Gasteiger charge is -2.08. The fourth-order valence-corrected chi connectivity index (χ4v) is 1.45. The van der Waals surface area contributed by atoms with Gasteiger partial charge >= 0.3 is 0 Å². The van der Waals surface area contributed by atoms with Gasteiger partial charge in [-0.25, -0.2) is 17.5 Å². The normalized spacial score (nSPS) is 13.9. The molecule has 0 radical (unpaired) electrons. The molecule has 0 amide bonds. The summed E-state index contributed by atoms with van der Waals surface area (Å²) in [4.78, 5) is 0. The van der Waals surface area contributed by atoms with Gasteiger partial charge in [0.2, 0.25) is 10.0 Å². The maximum Gasteiger partial charge on any atom is 0.208 e. The van der Waals surface area contributed by atoms with Crippen LogP contribution in [0.15, 0.2) is 30.3 Å². The van der Waals surface area contributed by atoms with Gasteiger partial charge in [-0.15, -0.1) is 0 Å². The van der Waals surface area contributed by atoms with E-state index in [9.17, 15) is 12.8 Å². The minimum Gasteiger partial charge on any atom is -0.241 e. The third-order valence-corrected chi connectivity index (χ3v) is 2.38. The van der Waals surface area contributed by atoms with Crippen LogP contribution in [0, 0.1) is 0 Å². The van der Waals surface area contributed by atoms with Crippen molar-refractivity contribution in [2.45, 2.75) is 6.17 Å². The molecular weight excluding hydrogens is 205 g/mol. The van der Waals surface area contributed by atoms with Crippen LogP contribution in [0.1, 0.15) is 11.7 Å². The lowest BCUT2D eigenvalue weighted by atomic mass is 10.1. The standard InChI is InChI=1S/C9H12FNO2S/c1-14(12,13)11-7-9(10)8-5-3-2-4-6-8/h2-6,9,11H,7H2,1H3. The summed E-state index contributed by atoms with van der Waals surface area (Å²) in [7, 11) is -3.32. The SMILES string of the molecule is CS(=O)(=O)NCC(F)c1ccccc1. The Morgan fingerprint density at radius 1 is 1.36 bits per heavy atom. The molecule has 1 aromatic rings. The third kappa shape index (κ3) is 3.85. The Bertz CT molecular complexity index is 377. The topological polar surface area (TPSA) is 46.2 Å². The van der Waals surface area contributed by atoms with E-state index < -0.39 is 16.2 Å². The third-order valence-electron chi connectivity index (χ3n) is 1.69. The van der Waals surface area contributed by atoms with Crippen molar-refractivity contribution in [2.24, 2.45) is 0 Å². The Labute approximate surface area is 83.0 Å². The molecule has 5 heteroatoms. The monoisotopic (exact) mass is 217 g/mol. The van der Waals surface area contributed by atoms with Crippen LogP contribution in [0.5, 0.6) is 0 Å². The molecule has 0 heterocycles. The molecule has 0 spiro atoms. The van der Waals surface area contributed by atoms with E-state index in [1.54, 1.807) is 30.3 Å². The highest BCUT2D eigenvalue weighted by Gasteiger charge is 2.11. The molecule has 14 heavy (non-hydrogen) atoms. The number of rotatable bonds is 4. The molecule has 0 aliphatic rings. The summed E-state index contributed by atoms with van der Waals surface area (Å²) < 4.78 is 36.8. The van der Waals surface area contributed by atoms with Gasteiger partial charge < -0.3 is 0 Å². The number of halogens is 1. The van der Waals surface area contributed by atoms with Gasteiger partial charge in [0.05, 0.1) is 6.26 Å². The smallest absolute Gasteiger partial charge is 0.208 e. The van der Waals surface area contributed by atoms with Crippen molar-refractivity contribution < 1.29 is 12.8 Å². The quantitative estimate of drug-likeness (QED) is 0.825. The van der Waals surface area contributed by atoms with E-state index in [0.29, 0.717) is 5.56 Å². The first-order valence-electron chi connectivity index (χ1n) is 4.13. The fraction of sp³-hybridized carbons (Fsp3) is 0.333. The van der Waals surface area contributed by atoms with E-state index >= 15 is 0 Å². The van der Waals surface area contributed by atoms with Crippen molar-refractivity contribution in [1.82, 2.24) is 4.72 Å². The van der Waals surface area contributed by atoms with Crippen LogP contribution in [0.25, 0.3) is 0 Å². The molecule has 1 unspecified atom stereocenters. The van der Waals surface area contributed by atoms with Crippen molar-refractivity contribution >= 4 is 10.0 Å². The predicted molar refractivity (Wildman–Crippen MR) is 53.1 cm³/mol. The van der Waals surface area contributed by atoms with E-state index in [0.717, 1.165) is 6.26 Å². The highest BCUT2D eigenvalue weighted by Crippen LogP contribution is 2.15. The first kappa shape index (κ1) is 11.1. The van der Waals surface area contributed by atoms with E-state index in [2.05, 4.69) is 4.72 Å². The average molecular weight is 217 g/mol. The molecule has 1 aromatic carbocycles. The van der Waals surface area contributed by atoms with Crippen molar-refractivity contribution in [1.29, 1.82) is 0 Å². The molecular formula is C9H12FNO2S. The summed E-state index contributed by atoms with van der Waals surface area (Å²) in [6, 6.07) is 8.44. The molecule has 0 saturated heterocycles. The maximum absolute atomic E-state index is 13.3. The molecule has 1 rings (SSSR count). The van der Waals surface area contributed by atoms with Crippen molar-refractivity contribution in [3.63, 3.8) is 0 Å². The fourth-order valence-electron chi connectivity index (χ4n) is 1.00. The molecule has 0 aliphatic heterocycles. The van der Waals surface area contributed by atoms with Gasteiger partial charge in [-0.2, -0.15) is 0 Å². The Kier molecular flexibility index (Phi) is 3.60. The van der Waals surface area contributed by atoms with E-state index in [4.69, 9.17) is 0 Å². The van der Waals surface area contributed by atoms with E-state index in [1.165, 1.54) is 0 Å². The molecule has 1 N–H and O–H groups in total. The first-order valence-corrected chi connectivity index (χ1v) is 6.02. The zero-order valence-electron chi connectivity index (χ0n) is 7.77. The molecule has 78 valence electrons. The van der Waals surface area contributed by atoms with Crippen molar-refractivity contribution in [3.05, 3.63) is 35.9 Å². The lowest BCUT2D eigenvalue weighted by Crippen LogP contribution is -2.25. The van der Waals surface area contributed by atoms with Crippen LogP contribution in [-0.2, 0) is 10.0 Å². The Hall–Kier alpha value is -0.940. The number of hydrogen-bond donors (Lipinski definition) is 1. The molecule has 1 atom stereocenters. The van der Waals surface area contributed by atoms with E-state index in [-0.39, 0.29) is 6.54 Å². The van der Waals surface area contributed by atoms with Crippen molar-refractivity contribution in [2.75, 3.05) is 12.8 Å². The van der Waals surface area contributed by atoms with Gasteiger partial charge in [0.25, 0.3) is 0 Å². The lowest BCUT2D eigenvalue weighted by molar-refractivity contribution is 0.343. The largest absolute Gasteiger partial charge is 0.241 e. The zero-order valence-corrected chi connectivity index (χ0v) is 8.59. The van der Waals surface area contributed by atoms with Crippen LogP contribution in [-0.4, -0.2) is 21.2 Å². The minimum absolute atomic E-state index is 0.219. The summed E-state index contributed by atoms with van der Waals surface area (Å²) in [5.41, 5.74) is 0.476. The molecule has 0 bridgehead atoms. The van der Waals surface area contributed by atoms with Crippen molar-refractivity contribution in [3.8, 4) is 0 Å². The highest BCUT2D eigenvalue weighted by atomic mass is 32.2. The molecule has 0 saturated carbocycles. The van der Waals surface area contributed by atoms with Crippen LogP contribution >= 0.6 is 0 Å². The summed E-state index contributed by atoms with van der Waals surface area (Å²) >= 11 is 0. The second kappa shape index (κ2) is 4.52. The Morgan fingerprint density at radius 3 is 2.43 bits per heavy atom. The number of alkyl halides is 1. The van der Waals surface area contributed by atoms with Gasteiger partial charge in [0.1, 0.15) is 6.17 Å². The second-order valence-electron chi connectivity index (χ2n) is 3.00. The second-order valence-corrected chi connectivity index (χ2v) is 4.83. The number of nitrogens with one attached hydrogen (secondary N) is 1. The number of benzene rings is 1. The van der Waals surface area contributed by atoms with Gasteiger partial charge in [0, 0.05) is 6.54 Å². The summed E-state index contributed by atoms with van der Waals surface area (Å²) in [5, 5.41) is 0. The average Bonchev–Trinajstić information content (AvgIpc) is 2.14. The van der Waals surface area contributed by atoms with Crippen LogP contribution in [0.4, 0.5) is 4.39 Å². The number of hydrogen-bond acceptors (Lipinski definition) is 2. The molecule has 0 fully saturated rings. The zero-order chi connectivity index (χ0) is 10.6. The number of sulfonamides is 1. The summed E-state index contributed by atoms with van der Waals surface area (Å²) in [6.07, 6.45) is -0.295. The Balaban J connectivity index is 2.56. The first-order chi connectivity index (χ1) is 6.49. The molecule has 3 nitrogen and oxygen atoms in total. The van der Waals surface area contributed by atoms with E-state index in [1.807, 2.05) is 0 Å². The van der Waals surface area contributed by atoms with Gasteiger partial charge in [-0.1, -0.05) is 30.3 Å². The Morgan fingerprint density at radius 2 is 1.93 bits per heavy atom. The van der Waals surface area contributed by atoms with Gasteiger partial charge in [-0.05, 0) is 5.56 Å². The molecule has 0 aliphatic carbocycles. The molecule has 0 aromatic heterocycles. The van der Waals surface area contributed by atoms with Crippen LogP contribution < -0.4 is 4.72 Å². The van der Waals surface area contributed by atoms with Gasteiger partial charge in [0.15, 0.2) is 0 Å². The van der Waals surface area contributed by atoms with Crippen LogP contribution in [0.2, 0.25) is 0 Å². The summed E-state index contributed by atoms with van der Waals surface area (Å²) in [6.45, 7) is -0.219. The van der Waals surface area contributed by atoms with Crippen LogP contribution in [0.3, 0.4) is 0 Å². The highest BCUT2D eigenvalue weighted by molar-refractivity contribution is 7.88. The van der Waals surface area contributed by atoms with Gasteiger partial charge in [-0.3, -0.25) is 0 Å². The summed E-state index contributed by atoms with van der Waals surface area (Å²) in [5.74, 6) is 0.